The van der Waals surface area contributed by atoms with E-state index in [0.717, 1.165) is 29.6 Å². The number of hydrogen-bond donors (Lipinski definition) is 1. The Balaban J connectivity index is 1.95. The maximum absolute atomic E-state index is 11.8. The Hall–Kier alpha value is -1.03. The topological polar surface area (TPSA) is 46.3 Å². The highest BCUT2D eigenvalue weighted by Crippen LogP contribution is 2.52. The van der Waals surface area contributed by atoms with Crippen molar-refractivity contribution in [3.8, 4) is 0 Å². The number of hydrogen-bond acceptors (Lipinski definition) is 4. The molecule has 2 heterocycles. The molecule has 1 atom stereocenters. The van der Waals surface area contributed by atoms with E-state index in [4.69, 9.17) is 5.73 Å². The fraction of sp³-hybridized carbons (Fsp3) is 0.688. The van der Waals surface area contributed by atoms with Crippen LogP contribution < -0.4 is 10.6 Å². The molecule has 1 aromatic rings. The van der Waals surface area contributed by atoms with Crippen LogP contribution in [0.5, 0.6) is 0 Å². The molecule has 20 heavy (non-hydrogen) atoms. The minimum Gasteiger partial charge on any atom is -0.397 e. The van der Waals surface area contributed by atoms with Crippen LogP contribution in [0.4, 0.5) is 10.7 Å². The van der Waals surface area contributed by atoms with E-state index in [1.54, 1.807) is 18.3 Å². The van der Waals surface area contributed by atoms with Crippen LogP contribution in [0.1, 0.15) is 67.1 Å². The van der Waals surface area contributed by atoms with Gasteiger partial charge in [0, 0.05) is 25.6 Å². The lowest BCUT2D eigenvalue weighted by Crippen LogP contribution is -2.24. The van der Waals surface area contributed by atoms with E-state index < -0.39 is 0 Å². The van der Waals surface area contributed by atoms with Gasteiger partial charge in [-0.2, -0.15) is 0 Å². The van der Waals surface area contributed by atoms with Gasteiger partial charge in [-0.15, -0.1) is 11.3 Å². The van der Waals surface area contributed by atoms with Gasteiger partial charge in [0.15, 0.2) is 5.78 Å². The number of nitrogen functional groups attached to an aromatic ring is 1. The summed E-state index contributed by atoms with van der Waals surface area (Å²) < 4.78 is 0. The van der Waals surface area contributed by atoms with E-state index in [2.05, 4.69) is 11.8 Å². The first-order valence-electron chi connectivity index (χ1n) is 7.76. The normalized spacial score (nSPS) is 23.7. The van der Waals surface area contributed by atoms with Gasteiger partial charge in [-0.25, -0.2) is 0 Å². The van der Waals surface area contributed by atoms with Crippen molar-refractivity contribution in [1.29, 1.82) is 0 Å². The second-order valence-electron chi connectivity index (χ2n) is 6.42. The lowest BCUT2D eigenvalue weighted by molar-refractivity contribution is 0.102. The van der Waals surface area contributed by atoms with E-state index in [1.807, 2.05) is 0 Å². The zero-order valence-corrected chi connectivity index (χ0v) is 13.3. The van der Waals surface area contributed by atoms with Crippen LogP contribution >= 0.6 is 11.3 Å². The molecule has 2 fully saturated rings. The minimum absolute atomic E-state index is 0.115. The quantitative estimate of drug-likeness (QED) is 0.855. The van der Waals surface area contributed by atoms with Crippen molar-refractivity contribution in [2.24, 2.45) is 5.92 Å². The number of thiophene rings is 1. The van der Waals surface area contributed by atoms with Crippen molar-refractivity contribution in [2.75, 3.05) is 23.7 Å². The molecule has 1 aromatic heterocycles. The van der Waals surface area contributed by atoms with Gasteiger partial charge in [0.25, 0.3) is 0 Å². The highest BCUT2D eigenvalue weighted by atomic mass is 32.1. The van der Waals surface area contributed by atoms with E-state index in [0.29, 0.717) is 5.92 Å². The van der Waals surface area contributed by atoms with Crippen molar-refractivity contribution < 1.29 is 4.79 Å². The summed E-state index contributed by atoms with van der Waals surface area (Å²) in [5, 5.41) is 1.30. The van der Waals surface area contributed by atoms with Crippen LogP contribution in [0.2, 0.25) is 0 Å². The first kappa shape index (κ1) is 13.9. The first-order valence-corrected chi connectivity index (χ1v) is 8.57. The highest BCUT2D eigenvalue weighted by Gasteiger charge is 2.34. The molecule has 1 aliphatic carbocycles. The van der Waals surface area contributed by atoms with Crippen LogP contribution in [-0.2, 0) is 0 Å². The molecule has 0 spiro atoms. The first-order chi connectivity index (χ1) is 9.58. The Bertz CT molecular complexity index is 519. The Morgan fingerprint density at radius 1 is 1.25 bits per heavy atom. The Kier molecular flexibility index (Phi) is 3.76. The van der Waals surface area contributed by atoms with E-state index in [9.17, 15) is 4.79 Å². The van der Waals surface area contributed by atoms with Crippen LogP contribution in [0.25, 0.3) is 0 Å². The zero-order valence-electron chi connectivity index (χ0n) is 12.4. The summed E-state index contributed by atoms with van der Waals surface area (Å²) in [4.78, 5) is 15.1. The summed E-state index contributed by atoms with van der Waals surface area (Å²) in [6.07, 6.45) is 6.27. The summed E-state index contributed by atoms with van der Waals surface area (Å²) in [5.74, 6) is 1.54. The molecule has 0 amide bonds. The second-order valence-corrected chi connectivity index (χ2v) is 7.42. The van der Waals surface area contributed by atoms with Crippen molar-refractivity contribution >= 4 is 27.8 Å². The molecule has 0 bridgehead atoms. The molecule has 3 nitrogen and oxygen atoms in total. The van der Waals surface area contributed by atoms with Crippen molar-refractivity contribution in [3.63, 3.8) is 0 Å². The predicted octanol–water partition coefficient (Wildman–Crippen LogP) is 4.04. The number of anilines is 2. The van der Waals surface area contributed by atoms with Gasteiger partial charge in [0.1, 0.15) is 0 Å². The second kappa shape index (κ2) is 5.40. The van der Waals surface area contributed by atoms with Gasteiger partial charge < -0.3 is 10.6 Å². The van der Waals surface area contributed by atoms with Crippen molar-refractivity contribution in [3.05, 3.63) is 10.4 Å². The Morgan fingerprint density at radius 3 is 2.65 bits per heavy atom. The fourth-order valence-corrected chi connectivity index (χ4v) is 4.43. The lowest BCUT2D eigenvalue weighted by Gasteiger charge is -2.22. The van der Waals surface area contributed by atoms with E-state index in [-0.39, 0.29) is 5.78 Å². The molecular formula is C16H24N2OS. The summed E-state index contributed by atoms with van der Waals surface area (Å²) in [7, 11) is 0. The van der Waals surface area contributed by atoms with Crippen LogP contribution in [-0.4, -0.2) is 18.9 Å². The predicted molar refractivity (Wildman–Crippen MR) is 85.9 cm³/mol. The van der Waals surface area contributed by atoms with Crippen LogP contribution in [0.3, 0.4) is 0 Å². The molecule has 110 valence electrons. The fourth-order valence-electron chi connectivity index (χ4n) is 3.17. The van der Waals surface area contributed by atoms with Crippen molar-refractivity contribution in [2.45, 2.75) is 51.9 Å². The van der Waals surface area contributed by atoms with Gasteiger partial charge in [0.2, 0.25) is 0 Å². The van der Waals surface area contributed by atoms with Gasteiger partial charge in [-0.05, 0) is 43.9 Å². The van der Waals surface area contributed by atoms with Crippen molar-refractivity contribution in [1.82, 2.24) is 0 Å². The number of nitrogens with zero attached hydrogens (tertiary/aromatic N) is 1. The average Bonchev–Trinajstić information content (AvgIpc) is 3.18. The third-order valence-corrected chi connectivity index (χ3v) is 5.96. The third-order valence-electron chi connectivity index (χ3n) is 4.57. The number of carbonyl (C=O) groups excluding carboxylic acids is 1. The van der Waals surface area contributed by atoms with Crippen LogP contribution in [0.15, 0.2) is 0 Å². The largest absolute Gasteiger partial charge is 0.397 e. The summed E-state index contributed by atoms with van der Waals surface area (Å²) in [6.45, 7) is 6.20. The SMILES string of the molecule is CC(=O)c1sc(N2CCCC(C)CC2)c(C2CC2)c1N. The molecule has 1 aliphatic heterocycles. The maximum Gasteiger partial charge on any atom is 0.171 e. The Labute approximate surface area is 125 Å². The molecule has 0 radical (unpaired) electrons. The number of nitrogens with two attached hydrogens (primary N) is 1. The molecule has 4 heteroatoms. The summed E-state index contributed by atoms with van der Waals surface area (Å²) in [5.41, 5.74) is 8.34. The highest BCUT2D eigenvalue weighted by molar-refractivity contribution is 7.18. The van der Waals surface area contributed by atoms with E-state index >= 15 is 0 Å². The summed E-state index contributed by atoms with van der Waals surface area (Å²) in [6, 6.07) is 0. The molecule has 2 N–H and O–H groups in total. The zero-order chi connectivity index (χ0) is 14.3. The van der Waals surface area contributed by atoms with Gasteiger partial charge >= 0.3 is 0 Å². The van der Waals surface area contributed by atoms with E-state index in [1.165, 1.54) is 42.7 Å². The molecule has 2 aliphatic rings. The lowest BCUT2D eigenvalue weighted by atomic mass is 10.0. The summed E-state index contributed by atoms with van der Waals surface area (Å²) >= 11 is 1.63. The standard InChI is InChI=1S/C16H24N2OS/c1-10-4-3-8-18(9-7-10)16-13(12-5-6-12)14(17)15(20-16)11(2)19/h10,12H,3-9,17H2,1-2H3. The molecule has 0 aromatic carbocycles. The minimum atomic E-state index is 0.115. The maximum atomic E-state index is 11.8. The number of carbonyl (C=O) groups is 1. The number of rotatable bonds is 3. The monoisotopic (exact) mass is 292 g/mol. The molecular weight excluding hydrogens is 268 g/mol. The molecule has 1 unspecified atom stereocenters. The van der Waals surface area contributed by atoms with Gasteiger partial charge in [-0.1, -0.05) is 6.92 Å². The smallest absolute Gasteiger partial charge is 0.171 e. The molecule has 1 saturated heterocycles. The average molecular weight is 292 g/mol. The molecule has 1 saturated carbocycles. The van der Waals surface area contributed by atoms with Crippen LogP contribution in [0, 0.1) is 5.92 Å². The number of Topliss-reactive ketones (excluding diaryl/α,β-unsaturated/α-hetero) is 1. The molecule has 3 rings (SSSR count). The Morgan fingerprint density at radius 2 is 2.00 bits per heavy atom. The number of ketones is 1. The van der Waals surface area contributed by atoms with Gasteiger partial charge in [0.05, 0.1) is 15.6 Å². The third kappa shape index (κ3) is 2.58. The van der Waals surface area contributed by atoms with Gasteiger partial charge in [-0.3, -0.25) is 4.79 Å².